The van der Waals surface area contributed by atoms with E-state index in [0.29, 0.717) is 6.54 Å². The Balaban J connectivity index is 2.39. The first-order valence-electron chi connectivity index (χ1n) is 6.41. The molecule has 0 unspecified atom stereocenters. The van der Waals surface area contributed by atoms with Gasteiger partial charge in [-0.25, -0.2) is 4.98 Å². The molecular formula is C13H23N3O. The van der Waals surface area contributed by atoms with Crippen LogP contribution in [0.3, 0.4) is 0 Å². The molecule has 0 fully saturated rings. The first-order valence-corrected chi connectivity index (χ1v) is 6.41. The van der Waals surface area contributed by atoms with E-state index >= 15 is 0 Å². The van der Waals surface area contributed by atoms with E-state index < -0.39 is 0 Å². The van der Waals surface area contributed by atoms with Crippen molar-refractivity contribution in [3.05, 3.63) is 27.9 Å². The van der Waals surface area contributed by atoms with Gasteiger partial charge >= 0.3 is 0 Å². The second kappa shape index (κ2) is 7.22. The van der Waals surface area contributed by atoms with Gasteiger partial charge in [0, 0.05) is 24.8 Å². The van der Waals surface area contributed by atoms with Crippen LogP contribution in [0.2, 0.25) is 0 Å². The maximum atomic E-state index is 11.7. The summed E-state index contributed by atoms with van der Waals surface area (Å²) in [6.07, 6.45) is 3.71. The zero-order valence-electron chi connectivity index (χ0n) is 11.1. The van der Waals surface area contributed by atoms with E-state index in [-0.39, 0.29) is 5.56 Å². The minimum absolute atomic E-state index is 0.0466. The zero-order valence-corrected chi connectivity index (χ0v) is 11.1. The van der Waals surface area contributed by atoms with Crippen LogP contribution >= 0.6 is 0 Å². The summed E-state index contributed by atoms with van der Waals surface area (Å²) >= 11 is 0. The number of nitrogens with one attached hydrogen (secondary N) is 1. The molecule has 4 nitrogen and oxygen atoms in total. The van der Waals surface area contributed by atoms with Crippen LogP contribution in [-0.4, -0.2) is 22.6 Å². The number of aromatic nitrogens is 2. The Kier molecular flexibility index (Phi) is 5.91. The molecule has 0 spiro atoms. The molecular weight excluding hydrogens is 214 g/mol. The second-order valence-corrected chi connectivity index (χ2v) is 4.39. The lowest BCUT2D eigenvalue weighted by atomic mass is 10.2. The third-order valence-corrected chi connectivity index (χ3v) is 2.80. The predicted octanol–water partition coefficient (Wildman–Crippen LogP) is 1.64. The standard InChI is InChI=1S/C13H23N3O/c1-4-5-6-7-14-8-9-16-12(3)15-11(2)10-13(16)17/h10,14H,4-9H2,1-3H3. The molecule has 0 radical (unpaired) electrons. The summed E-state index contributed by atoms with van der Waals surface area (Å²) in [4.78, 5) is 16.0. The van der Waals surface area contributed by atoms with E-state index in [0.717, 1.165) is 24.6 Å². The van der Waals surface area contributed by atoms with Crippen molar-refractivity contribution < 1.29 is 0 Å². The molecule has 0 aliphatic heterocycles. The fraction of sp³-hybridized carbons (Fsp3) is 0.692. The average Bonchev–Trinajstić information content (AvgIpc) is 2.26. The van der Waals surface area contributed by atoms with Crippen molar-refractivity contribution in [1.29, 1.82) is 0 Å². The summed E-state index contributed by atoms with van der Waals surface area (Å²) in [5.41, 5.74) is 0.838. The summed E-state index contributed by atoms with van der Waals surface area (Å²) < 4.78 is 1.72. The van der Waals surface area contributed by atoms with Crippen LogP contribution in [0.4, 0.5) is 0 Å². The van der Waals surface area contributed by atoms with Gasteiger partial charge in [0.25, 0.3) is 5.56 Å². The van der Waals surface area contributed by atoms with Crippen LogP contribution in [0, 0.1) is 13.8 Å². The van der Waals surface area contributed by atoms with Gasteiger partial charge in [0.2, 0.25) is 0 Å². The molecule has 0 aliphatic rings. The van der Waals surface area contributed by atoms with Crippen molar-refractivity contribution in [3.8, 4) is 0 Å². The van der Waals surface area contributed by atoms with E-state index in [1.165, 1.54) is 19.3 Å². The molecule has 1 aromatic rings. The van der Waals surface area contributed by atoms with E-state index in [4.69, 9.17) is 0 Å². The first-order chi connectivity index (χ1) is 8.15. The molecule has 17 heavy (non-hydrogen) atoms. The number of aryl methyl sites for hydroxylation is 2. The Morgan fingerprint density at radius 3 is 2.71 bits per heavy atom. The lowest BCUT2D eigenvalue weighted by Crippen LogP contribution is -2.29. The number of hydrogen-bond acceptors (Lipinski definition) is 3. The van der Waals surface area contributed by atoms with Crippen LogP contribution in [0.25, 0.3) is 0 Å². The Hall–Kier alpha value is -1.16. The molecule has 0 amide bonds. The number of nitrogens with zero attached hydrogens (tertiary/aromatic N) is 2. The summed E-state index contributed by atoms with van der Waals surface area (Å²) in [5, 5.41) is 3.35. The Bertz CT molecular complexity index is 398. The third-order valence-electron chi connectivity index (χ3n) is 2.80. The van der Waals surface area contributed by atoms with Crippen molar-refractivity contribution in [2.24, 2.45) is 0 Å². The minimum Gasteiger partial charge on any atom is -0.315 e. The van der Waals surface area contributed by atoms with Crippen LogP contribution in [0.1, 0.15) is 37.7 Å². The van der Waals surface area contributed by atoms with Gasteiger partial charge in [-0.3, -0.25) is 9.36 Å². The van der Waals surface area contributed by atoms with Gasteiger partial charge in [0.05, 0.1) is 0 Å². The molecule has 96 valence electrons. The predicted molar refractivity (Wildman–Crippen MR) is 70.4 cm³/mol. The van der Waals surface area contributed by atoms with E-state index in [1.54, 1.807) is 10.6 Å². The normalized spacial score (nSPS) is 10.8. The Labute approximate surface area is 103 Å². The fourth-order valence-electron chi connectivity index (χ4n) is 1.85. The van der Waals surface area contributed by atoms with Crippen molar-refractivity contribution in [2.45, 2.75) is 46.6 Å². The van der Waals surface area contributed by atoms with Crippen molar-refractivity contribution in [3.63, 3.8) is 0 Å². The van der Waals surface area contributed by atoms with Gasteiger partial charge < -0.3 is 5.32 Å². The highest BCUT2D eigenvalue weighted by atomic mass is 16.1. The highest BCUT2D eigenvalue weighted by molar-refractivity contribution is 5.01. The number of unbranched alkanes of at least 4 members (excludes halogenated alkanes) is 2. The molecule has 1 rings (SSSR count). The Morgan fingerprint density at radius 2 is 2.06 bits per heavy atom. The molecule has 0 saturated heterocycles. The Morgan fingerprint density at radius 1 is 1.29 bits per heavy atom. The lowest BCUT2D eigenvalue weighted by Gasteiger charge is -2.10. The van der Waals surface area contributed by atoms with Crippen LogP contribution in [0.5, 0.6) is 0 Å². The monoisotopic (exact) mass is 237 g/mol. The summed E-state index contributed by atoms with van der Waals surface area (Å²) in [5.74, 6) is 0.797. The number of rotatable bonds is 7. The summed E-state index contributed by atoms with van der Waals surface area (Å²) in [6, 6.07) is 1.59. The molecule has 4 heteroatoms. The van der Waals surface area contributed by atoms with Crippen molar-refractivity contribution in [2.75, 3.05) is 13.1 Å². The van der Waals surface area contributed by atoms with Crippen molar-refractivity contribution >= 4 is 0 Å². The number of hydrogen-bond donors (Lipinski definition) is 1. The van der Waals surface area contributed by atoms with E-state index in [2.05, 4.69) is 17.2 Å². The molecule has 1 aromatic heterocycles. The topological polar surface area (TPSA) is 46.9 Å². The molecule has 0 bridgehead atoms. The molecule has 0 aliphatic carbocycles. The smallest absolute Gasteiger partial charge is 0.253 e. The molecule has 1 heterocycles. The van der Waals surface area contributed by atoms with Gasteiger partial charge in [0.1, 0.15) is 5.82 Å². The van der Waals surface area contributed by atoms with Gasteiger partial charge in [0.15, 0.2) is 0 Å². The SMILES string of the molecule is CCCCCNCCn1c(C)nc(C)cc1=O. The average molecular weight is 237 g/mol. The summed E-state index contributed by atoms with van der Waals surface area (Å²) in [7, 11) is 0. The quantitative estimate of drug-likeness (QED) is 0.733. The molecule has 0 aromatic carbocycles. The van der Waals surface area contributed by atoms with Gasteiger partial charge in [-0.05, 0) is 26.8 Å². The second-order valence-electron chi connectivity index (χ2n) is 4.39. The third kappa shape index (κ3) is 4.69. The van der Waals surface area contributed by atoms with Crippen LogP contribution < -0.4 is 10.9 Å². The van der Waals surface area contributed by atoms with Crippen LogP contribution in [0.15, 0.2) is 10.9 Å². The fourth-order valence-corrected chi connectivity index (χ4v) is 1.85. The first kappa shape index (κ1) is 13.9. The van der Waals surface area contributed by atoms with Gasteiger partial charge in [-0.15, -0.1) is 0 Å². The molecule has 0 saturated carbocycles. The molecule has 0 atom stereocenters. The maximum Gasteiger partial charge on any atom is 0.253 e. The van der Waals surface area contributed by atoms with Gasteiger partial charge in [-0.1, -0.05) is 19.8 Å². The zero-order chi connectivity index (χ0) is 12.7. The van der Waals surface area contributed by atoms with E-state index in [1.807, 2.05) is 13.8 Å². The summed E-state index contributed by atoms with van der Waals surface area (Å²) in [6.45, 7) is 8.48. The molecule has 1 N–H and O–H groups in total. The lowest BCUT2D eigenvalue weighted by molar-refractivity contribution is 0.547. The highest BCUT2D eigenvalue weighted by Gasteiger charge is 2.01. The largest absolute Gasteiger partial charge is 0.315 e. The highest BCUT2D eigenvalue weighted by Crippen LogP contribution is 1.93. The minimum atomic E-state index is 0.0466. The maximum absolute atomic E-state index is 11.7. The van der Waals surface area contributed by atoms with Gasteiger partial charge in [-0.2, -0.15) is 0 Å². The van der Waals surface area contributed by atoms with Crippen molar-refractivity contribution in [1.82, 2.24) is 14.9 Å². The van der Waals surface area contributed by atoms with Crippen LogP contribution in [-0.2, 0) is 6.54 Å². The van der Waals surface area contributed by atoms with E-state index in [9.17, 15) is 4.79 Å².